The molecule has 9 heteroatoms. The molecule has 3 rings (SSSR count). The van der Waals surface area contributed by atoms with E-state index in [9.17, 15) is 18.4 Å². The largest absolute Gasteiger partial charge is 0.369 e. The van der Waals surface area contributed by atoms with Crippen LogP contribution in [0.2, 0.25) is 5.02 Å². The third-order valence-corrected chi connectivity index (χ3v) is 6.52. The van der Waals surface area contributed by atoms with Crippen molar-refractivity contribution in [3.05, 3.63) is 69.2 Å². The van der Waals surface area contributed by atoms with Gasteiger partial charge in [-0.2, -0.15) is 0 Å². The molecule has 0 aromatic heterocycles. The van der Waals surface area contributed by atoms with Gasteiger partial charge in [-0.15, -0.1) is 0 Å². The van der Waals surface area contributed by atoms with Crippen LogP contribution >= 0.6 is 34.8 Å². The summed E-state index contributed by atoms with van der Waals surface area (Å²) >= 11 is 18.9. The van der Waals surface area contributed by atoms with Gasteiger partial charge >= 0.3 is 0 Å². The predicted octanol–water partition coefficient (Wildman–Crippen LogP) is 4.37. The van der Waals surface area contributed by atoms with Crippen molar-refractivity contribution in [1.29, 1.82) is 0 Å². The second kappa shape index (κ2) is 7.42. The quantitative estimate of drug-likeness (QED) is 0.649. The fourth-order valence-corrected chi connectivity index (χ4v) is 5.06. The Labute approximate surface area is 181 Å². The molecule has 0 saturated heterocycles. The Bertz CT molecular complexity index is 1030. The maximum absolute atomic E-state index is 14.6. The first-order valence-corrected chi connectivity index (χ1v) is 9.85. The second-order valence-corrected chi connectivity index (χ2v) is 8.71. The second-order valence-electron chi connectivity index (χ2n) is 6.92. The monoisotopic (exact) mass is 460 g/mol. The maximum Gasteiger partial charge on any atom is 0.254 e. The fraction of sp³-hybridized carbons (Fsp3) is 0.300. The average Bonchev–Trinajstić information content (AvgIpc) is 3.17. The van der Waals surface area contributed by atoms with Gasteiger partial charge in [0.25, 0.3) is 5.91 Å². The van der Waals surface area contributed by atoms with Crippen LogP contribution in [-0.2, 0) is 10.2 Å². The number of primary amides is 1. The minimum absolute atomic E-state index is 0.122. The van der Waals surface area contributed by atoms with Crippen LogP contribution in [-0.4, -0.2) is 22.7 Å². The molecule has 1 fully saturated rings. The van der Waals surface area contributed by atoms with Gasteiger partial charge in [-0.25, -0.2) is 8.78 Å². The summed E-state index contributed by atoms with van der Waals surface area (Å²) in [5, 5.41) is 2.34. The highest BCUT2D eigenvalue weighted by Gasteiger charge is 2.80. The number of alkyl halides is 2. The van der Waals surface area contributed by atoms with Crippen molar-refractivity contribution in [1.82, 2.24) is 5.32 Å². The van der Waals surface area contributed by atoms with Gasteiger partial charge in [0.05, 0.1) is 10.6 Å². The van der Waals surface area contributed by atoms with Gasteiger partial charge in [0.2, 0.25) is 5.91 Å². The molecule has 2 atom stereocenters. The first-order chi connectivity index (χ1) is 13.5. The smallest absolute Gasteiger partial charge is 0.254 e. The van der Waals surface area contributed by atoms with E-state index in [1.807, 2.05) is 0 Å². The number of amides is 2. The molecule has 1 saturated carbocycles. The van der Waals surface area contributed by atoms with Gasteiger partial charge in [-0.3, -0.25) is 9.59 Å². The zero-order valence-corrected chi connectivity index (χ0v) is 17.7. The molecule has 0 bridgehead atoms. The van der Waals surface area contributed by atoms with Crippen LogP contribution in [0, 0.1) is 18.6 Å². The third kappa shape index (κ3) is 3.18. The summed E-state index contributed by atoms with van der Waals surface area (Å²) in [5.41, 5.74) is 4.50. The number of halogens is 5. The van der Waals surface area contributed by atoms with Gasteiger partial charge in [-0.1, -0.05) is 46.9 Å². The minimum atomic E-state index is -1.71. The highest BCUT2D eigenvalue weighted by Crippen LogP contribution is 2.74. The van der Waals surface area contributed by atoms with Crippen LogP contribution in [0.1, 0.15) is 39.9 Å². The molecular weight excluding hydrogens is 445 g/mol. The maximum atomic E-state index is 14.6. The van der Waals surface area contributed by atoms with Crippen LogP contribution in [0.25, 0.3) is 0 Å². The summed E-state index contributed by atoms with van der Waals surface area (Å²) in [7, 11) is 0. The molecule has 154 valence electrons. The number of nitrogens with two attached hydrogens (primary N) is 1. The number of benzene rings is 2. The number of carbonyl (C=O) groups excluding carboxylic acids is 2. The highest BCUT2D eigenvalue weighted by atomic mass is 35.5. The van der Waals surface area contributed by atoms with Crippen molar-refractivity contribution >= 4 is 46.6 Å². The number of nitrogens with one attached hydrogen (secondary N) is 1. The molecule has 2 aromatic rings. The van der Waals surface area contributed by atoms with E-state index in [2.05, 4.69) is 5.32 Å². The molecule has 0 aliphatic heterocycles. The van der Waals surface area contributed by atoms with Crippen LogP contribution in [0.3, 0.4) is 0 Å². The fourth-order valence-electron chi connectivity index (χ4n) is 3.78. The van der Waals surface area contributed by atoms with Crippen molar-refractivity contribution in [2.75, 3.05) is 6.54 Å². The molecule has 2 unspecified atom stereocenters. The lowest BCUT2D eigenvalue weighted by atomic mass is 9.87. The summed E-state index contributed by atoms with van der Waals surface area (Å²) in [4.78, 5) is 24.9. The number of carbonyl (C=O) groups is 2. The van der Waals surface area contributed by atoms with Crippen molar-refractivity contribution in [2.24, 2.45) is 5.73 Å². The van der Waals surface area contributed by atoms with Gasteiger partial charge in [0, 0.05) is 12.5 Å². The minimum Gasteiger partial charge on any atom is -0.369 e. The Balaban J connectivity index is 2.21. The molecule has 1 aliphatic carbocycles. The van der Waals surface area contributed by atoms with Crippen LogP contribution < -0.4 is 11.1 Å². The summed E-state index contributed by atoms with van der Waals surface area (Å²) < 4.78 is 26.5. The Kier molecular flexibility index (Phi) is 5.58. The normalized spacial score (nSPS) is 22.2. The highest BCUT2D eigenvalue weighted by molar-refractivity contribution is 6.55. The molecule has 0 spiro atoms. The summed E-state index contributed by atoms with van der Waals surface area (Å²) in [6.45, 7) is 3.43. The van der Waals surface area contributed by atoms with Crippen LogP contribution in [0.4, 0.5) is 8.78 Å². The molecule has 29 heavy (non-hydrogen) atoms. The average molecular weight is 462 g/mol. The number of rotatable bonds is 5. The molecule has 1 aliphatic rings. The van der Waals surface area contributed by atoms with Gasteiger partial charge < -0.3 is 11.1 Å². The summed E-state index contributed by atoms with van der Waals surface area (Å²) in [6.07, 6.45) is 0. The lowest BCUT2D eigenvalue weighted by Gasteiger charge is -2.18. The summed E-state index contributed by atoms with van der Waals surface area (Å²) in [5.74, 6) is -3.75. The van der Waals surface area contributed by atoms with E-state index >= 15 is 0 Å². The zero-order chi connectivity index (χ0) is 21.7. The van der Waals surface area contributed by atoms with E-state index in [1.54, 1.807) is 6.92 Å². The molecule has 2 amide bonds. The van der Waals surface area contributed by atoms with Gasteiger partial charge in [0.15, 0.2) is 0 Å². The van der Waals surface area contributed by atoms with Crippen LogP contribution in [0.5, 0.6) is 0 Å². The standard InChI is InChI=1S/C20H17Cl3F2N2O2/c1-3-27-17(28)12-8-11(6-9(2)15(12)25)19(18(26)29)16(20(19,22)23)10-4-5-14(24)13(21)7-10/h4-8,16H,3H2,1-2H3,(H2,26,29)(H,27,28). The Morgan fingerprint density at radius 1 is 1.21 bits per heavy atom. The molecule has 4 nitrogen and oxygen atoms in total. The Morgan fingerprint density at radius 2 is 1.86 bits per heavy atom. The predicted molar refractivity (Wildman–Crippen MR) is 109 cm³/mol. The summed E-state index contributed by atoms with van der Waals surface area (Å²) in [6, 6.07) is 6.45. The van der Waals surface area contributed by atoms with E-state index in [-0.39, 0.29) is 28.3 Å². The van der Waals surface area contributed by atoms with Crippen molar-refractivity contribution in [3.8, 4) is 0 Å². The molecular formula is C20H17Cl3F2N2O2. The molecule has 2 aromatic carbocycles. The first-order valence-electron chi connectivity index (χ1n) is 8.71. The molecule has 3 N–H and O–H groups in total. The number of hydrogen-bond donors (Lipinski definition) is 2. The van der Waals surface area contributed by atoms with Crippen molar-refractivity contribution < 1.29 is 18.4 Å². The molecule has 0 radical (unpaired) electrons. The van der Waals surface area contributed by atoms with E-state index in [0.717, 1.165) is 6.07 Å². The first kappa shape index (κ1) is 21.8. The van der Waals surface area contributed by atoms with Gasteiger partial charge in [0.1, 0.15) is 21.4 Å². The topological polar surface area (TPSA) is 72.2 Å². The zero-order valence-electron chi connectivity index (χ0n) is 15.5. The van der Waals surface area contributed by atoms with Gasteiger partial charge in [-0.05, 0) is 48.7 Å². The molecule has 0 heterocycles. The SMILES string of the molecule is CCNC(=O)c1cc(C2(C(N)=O)C(c3ccc(F)c(Cl)c3)C2(Cl)Cl)cc(C)c1F. The van der Waals surface area contributed by atoms with Crippen molar-refractivity contribution in [3.63, 3.8) is 0 Å². The van der Waals surface area contributed by atoms with E-state index in [1.165, 1.54) is 31.2 Å². The number of hydrogen-bond acceptors (Lipinski definition) is 2. The Hall–Kier alpha value is -1.89. The number of aryl methyl sites for hydroxylation is 1. The van der Waals surface area contributed by atoms with E-state index in [4.69, 9.17) is 40.5 Å². The lowest BCUT2D eigenvalue weighted by Crippen LogP contribution is -2.35. The lowest BCUT2D eigenvalue weighted by molar-refractivity contribution is -0.120. The van der Waals surface area contributed by atoms with E-state index < -0.39 is 39.1 Å². The van der Waals surface area contributed by atoms with Crippen molar-refractivity contribution in [2.45, 2.75) is 29.5 Å². The van der Waals surface area contributed by atoms with Crippen LogP contribution in [0.15, 0.2) is 30.3 Å². The van der Waals surface area contributed by atoms with E-state index in [0.29, 0.717) is 5.56 Å². The third-order valence-electron chi connectivity index (χ3n) is 5.20. The Morgan fingerprint density at radius 3 is 2.41 bits per heavy atom.